The molecular weight excluding hydrogens is 404 g/mol. The third-order valence-electron chi connectivity index (χ3n) is 3.86. The Hall–Kier alpha value is -2.52. The molecule has 158 valence electrons. The molecule has 0 spiro atoms. The van der Waals surface area contributed by atoms with E-state index in [-0.39, 0.29) is 34.8 Å². The molecule has 1 unspecified atom stereocenters. The highest BCUT2D eigenvalue weighted by atomic mass is 35.5. The number of amides is 1. The van der Waals surface area contributed by atoms with Crippen LogP contribution in [0.5, 0.6) is 0 Å². The Morgan fingerprint density at radius 2 is 1.97 bits per heavy atom. The monoisotopic (exact) mass is 427 g/mol. The van der Waals surface area contributed by atoms with E-state index in [1.54, 1.807) is 0 Å². The van der Waals surface area contributed by atoms with E-state index in [1.807, 2.05) is 13.8 Å². The average Bonchev–Trinajstić information content (AvgIpc) is 2.60. The van der Waals surface area contributed by atoms with Gasteiger partial charge in [-0.15, -0.1) is 0 Å². The van der Waals surface area contributed by atoms with Crippen LogP contribution < -0.4 is 16.0 Å². The first kappa shape index (κ1) is 22.8. The molecule has 0 radical (unpaired) electrons. The fraction of sp³-hybridized carbons (Fsp3) is 0.421. The maximum absolute atomic E-state index is 14.0. The Bertz CT molecular complexity index is 874. The fourth-order valence-corrected chi connectivity index (χ4v) is 2.43. The fourth-order valence-electron chi connectivity index (χ4n) is 2.29. The van der Waals surface area contributed by atoms with Crippen molar-refractivity contribution in [3.63, 3.8) is 0 Å². The van der Waals surface area contributed by atoms with E-state index in [9.17, 15) is 18.7 Å². The Morgan fingerprint density at radius 3 is 2.55 bits per heavy atom. The minimum Gasteiger partial charge on any atom is -0.387 e. The molecule has 10 heteroatoms. The molecule has 2 aromatic rings. The van der Waals surface area contributed by atoms with Crippen LogP contribution in [0.4, 0.5) is 26.1 Å². The lowest BCUT2D eigenvalue weighted by Gasteiger charge is -2.23. The topological polar surface area (TPSA) is 99.2 Å². The number of alkyl halides is 1. The minimum absolute atomic E-state index is 0.0208. The summed E-state index contributed by atoms with van der Waals surface area (Å²) in [6.45, 7) is 6.04. The number of hydrogen-bond acceptors (Lipinski definition) is 6. The molecule has 0 bridgehead atoms. The zero-order chi connectivity index (χ0) is 21.8. The number of halogens is 3. The number of nitrogens with one attached hydrogen (secondary N) is 3. The number of aromatic nitrogens is 2. The Kier molecular flexibility index (Phi) is 7.32. The number of nitrogens with zero attached hydrogens (tertiary/aromatic N) is 2. The van der Waals surface area contributed by atoms with Gasteiger partial charge >= 0.3 is 0 Å². The molecule has 2 rings (SSSR count). The number of pyridine rings is 2. The first-order valence-corrected chi connectivity index (χ1v) is 9.34. The average molecular weight is 428 g/mol. The maximum Gasteiger partial charge on any atom is 0.255 e. The van der Waals surface area contributed by atoms with Crippen LogP contribution in [-0.4, -0.2) is 45.3 Å². The molecule has 1 atom stereocenters. The third kappa shape index (κ3) is 6.50. The van der Waals surface area contributed by atoms with Gasteiger partial charge in [-0.2, -0.15) is 0 Å². The van der Waals surface area contributed by atoms with Gasteiger partial charge in [-0.3, -0.25) is 4.79 Å². The van der Waals surface area contributed by atoms with Crippen LogP contribution in [0.2, 0.25) is 5.02 Å². The lowest BCUT2D eigenvalue weighted by atomic mass is 10.0. The molecule has 7 nitrogen and oxygen atoms in total. The van der Waals surface area contributed by atoms with Crippen molar-refractivity contribution in [2.75, 3.05) is 17.2 Å². The van der Waals surface area contributed by atoms with Gasteiger partial charge in [0, 0.05) is 24.5 Å². The van der Waals surface area contributed by atoms with Crippen molar-refractivity contribution in [3.05, 3.63) is 40.9 Å². The molecule has 29 heavy (non-hydrogen) atoms. The molecule has 0 aromatic carbocycles. The van der Waals surface area contributed by atoms with Gasteiger partial charge in [-0.1, -0.05) is 11.6 Å². The van der Waals surface area contributed by atoms with Crippen molar-refractivity contribution >= 4 is 34.8 Å². The van der Waals surface area contributed by atoms with E-state index in [4.69, 9.17) is 11.6 Å². The predicted molar refractivity (Wildman–Crippen MR) is 109 cm³/mol. The first-order chi connectivity index (χ1) is 13.5. The number of carbonyl (C=O) groups excluding carboxylic acids is 1. The molecule has 0 saturated carbocycles. The second-order valence-corrected chi connectivity index (χ2v) is 7.79. The van der Waals surface area contributed by atoms with Gasteiger partial charge in [-0.25, -0.2) is 18.7 Å². The molecule has 0 aliphatic rings. The van der Waals surface area contributed by atoms with Gasteiger partial charge in [0.25, 0.3) is 5.91 Å². The van der Waals surface area contributed by atoms with Gasteiger partial charge in [-0.05, 0) is 33.8 Å². The first-order valence-electron chi connectivity index (χ1n) is 8.96. The SMILES string of the molecule is CC(C)Nc1cc(Nc2ncc(Cl)cc2F)ncc1C(=O)NCC(F)C(C)(C)O. The Labute approximate surface area is 172 Å². The zero-order valence-corrected chi connectivity index (χ0v) is 17.3. The third-order valence-corrected chi connectivity index (χ3v) is 4.06. The van der Waals surface area contributed by atoms with Crippen molar-refractivity contribution in [1.29, 1.82) is 0 Å². The molecule has 0 saturated heterocycles. The molecule has 0 aliphatic carbocycles. The number of hydrogen-bond donors (Lipinski definition) is 4. The van der Waals surface area contributed by atoms with E-state index < -0.39 is 23.5 Å². The molecule has 2 aromatic heterocycles. The number of carbonyl (C=O) groups is 1. The normalized spacial score (nSPS) is 12.6. The van der Waals surface area contributed by atoms with E-state index >= 15 is 0 Å². The highest BCUT2D eigenvalue weighted by molar-refractivity contribution is 6.30. The second-order valence-electron chi connectivity index (χ2n) is 7.35. The summed E-state index contributed by atoms with van der Waals surface area (Å²) in [7, 11) is 0. The molecule has 1 amide bonds. The van der Waals surface area contributed by atoms with E-state index in [0.717, 1.165) is 6.07 Å². The predicted octanol–water partition coefficient (Wildman–Crippen LogP) is 3.67. The van der Waals surface area contributed by atoms with Crippen molar-refractivity contribution < 1.29 is 18.7 Å². The number of rotatable bonds is 8. The quantitative estimate of drug-likeness (QED) is 0.513. The summed E-state index contributed by atoms with van der Waals surface area (Å²) in [6.07, 6.45) is 0.937. The lowest BCUT2D eigenvalue weighted by molar-refractivity contribution is -0.00177. The molecule has 0 aliphatic heterocycles. The smallest absolute Gasteiger partial charge is 0.255 e. The summed E-state index contributed by atoms with van der Waals surface area (Å²) < 4.78 is 27.9. The lowest BCUT2D eigenvalue weighted by Crippen LogP contribution is -2.42. The van der Waals surface area contributed by atoms with Crippen LogP contribution in [0.1, 0.15) is 38.1 Å². The second kappa shape index (κ2) is 9.32. The summed E-state index contributed by atoms with van der Waals surface area (Å²) in [5.74, 6) is -1.03. The molecular formula is C19H24ClF2N5O2. The van der Waals surface area contributed by atoms with Crippen LogP contribution in [-0.2, 0) is 0 Å². The number of anilines is 3. The van der Waals surface area contributed by atoms with Crippen LogP contribution in [0.15, 0.2) is 24.5 Å². The van der Waals surface area contributed by atoms with Crippen molar-refractivity contribution in [3.8, 4) is 0 Å². The van der Waals surface area contributed by atoms with Gasteiger partial charge in [0.05, 0.1) is 28.4 Å². The van der Waals surface area contributed by atoms with Gasteiger partial charge in [0.1, 0.15) is 12.0 Å². The van der Waals surface area contributed by atoms with E-state index in [1.165, 1.54) is 32.3 Å². The largest absolute Gasteiger partial charge is 0.387 e. The van der Waals surface area contributed by atoms with Crippen molar-refractivity contribution in [2.24, 2.45) is 0 Å². The molecule has 4 N–H and O–H groups in total. The van der Waals surface area contributed by atoms with Gasteiger partial charge in [0.2, 0.25) is 0 Å². The van der Waals surface area contributed by atoms with Crippen LogP contribution in [0.3, 0.4) is 0 Å². The van der Waals surface area contributed by atoms with Crippen LogP contribution in [0.25, 0.3) is 0 Å². The molecule has 2 heterocycles. The Morgan fingerprint density at radius 1 is 1.28 bits per heavy atom. The highest BCUT2D eigenvalue weighted by Crippen LogP contribution is 2.24. The van der Waals surface area contributed by atoms with E-state index in [0.29, 0.717) is 5.69 Å². The van der Waals surface area contributed by atoms with Crippen LogP contribution in [0, 0.1) is 5.82 Å². The van der Waals surface area contributed by atoms with Crippen molar-refractivity contribution in [2.45, 2.75) is 45.5 Å². The minimum atomic E-state index is -1.64. The van der Waals surface area contributed by atoms with Gasteiger partial charge < -0.3 is 21.1 Å². The zero-order valence-electron chi connectivity index (χ0n) is 16.6. The summed E-state index contributed by atoms with van der Waals surface area (Å²) >= 11 is 5.70. The molecule has 0 fully saturated rings. The van der Waals surface area contributed by atoms with E-state index in [2.05, 4.69) is 25.9 Å². The van der Waals surface area contributed by atoms with Crippen molar-refractivity contribution in [1.82, 2.24) is 15.3 Å². The highest BCUT2D eigenvalue weighted by Gasteiger charge is 2.27. The summed E-state index contributed by atoms with van der Waals surface area (Å²) in [4.78, 5) is 20.5. The maximum atomic E-state index is 14.0. The summed E-state index contributed by atoms with van der Waals surface area (Å²) in [5, 5.41) is 18.1. The number of aliphatic hydroxyl groups is 1. The summed E-state index contributed by atoms with van der Waals surface area (Å²) in [6, 6.07) is 2.61. The Balaban J connectivity index is 2.23. The van der Waals surface area contributed by atoms with Crippen LogP contribution >= 0.6 is 11.6 Å². The summed E-state index contributed by atoms with van der Waals surface area (Å²) in [5.41, 5.74) is -0.978. The standard InChI is InChI=1S/C19H24ClF2N5O2/c1-10(2)26-14-6-16(27-17-13(21)5-11(20)7-24-17)23-8-12(14)18(28)25-9-15(22)19(3,4)29/h5-8,10,15,29H,9H2,1-4H3,(H,25,28)(H2,23,24,26,27). The van der Waals surface area contributed by atoms with Gasteiger partial charge in [0.15, 0.2) is 11.6 Å².